The molecule has 0 spiro atoms. The highest BCUT2D eigenvalue weighted by Gasteiger charge is 2.36. The first-order valence-electron chi connectivity index (χ1n) is 7.23. The van der Waals surface area contributed by atoms with Crippen LogP contribution in [0.15, 0.2) is 12.1 Å². The number of nitro groups is 1. The lowest BCUT2D eigenvalue weighted by Gasteiger charge is -2.18. The highest BCUT2D eigenvalue weighted by molar-refractivity contribution is 6.31. The van der Waals surface area contributed by atoms with E-state index in [0.717, 1.165) is 6.07 Å². The van der Waals surface area contributed by atoms with Gasteiger partial charge in [0.05, 0.1) is 15.5 Å². The molecule has 132 valence electrons. The second-order valence-electron chi connectivity index (χ2n) is 5.43. The van der Waals surface area contributed by atoms with Crippen molar-refractivity contribution in [2.75, 3.05) is 18.4 Å². The number of nitro benzene ring substituents is 1. The van der Waals surface area contributed by atoms with Crippen molar-refractivity contribution >= 4 is 28.9 Å². The zero-order chi connectivity index (χ0) is 18.1. The first-order chi connectivity index (χ1) is 11.1. The number of amides is 1. The fourth-order valence-electron chi connectivity index (χ4n) is 2.59. The third-order valence-electron chi connectivity index (χ3n) is 3.79. The van der Waals surface area contributed by atoms with E-state index in [0.29, 0.717) is 32.0 Å². The summed E-state index contributed by atoms with van der Waals surface area (Å²) in [4.78, 5) is 23.5. The zero-order valence-corrected chi connectivity index (χ0v) is 13.4. The van der Waals surface area contributed by atoms with Crippen LogP contribution in [-0.2, 0) is 11.0 Å². The van der Waals surface area contributed by atoms with Crippen molar-refractivity contribution in [3.8, 4) is 0 Å². The van der Waals surface area contributed by atoms with Gasteiger partial charge in [0, 0.05) is 31.6 Å². The Labute approximate surface area is 140 Å². The van der Waals surface area contributed by atoms with E-state index in [4.69, 9.17) is 11.6 Å². The van der Waals surface area contributed by atoms with E-state index in [-0.39, 0.29) is 17.6 Å². The number of nitrogens with one attached hydrogen (secondary N) is 1. The number of benzene rings is 1. The summed E-state index contributed by atoms with van der Waals surface area (Å²) in [6.07, 6.45) is -3.89. The van der Waals surface area contributed by atoms with Crippen LogP contribution in [0.1, 0.15) is 25.3 Å². The Balaban J connectivity index is 2.26. The second kappa shape index (κ2) is 6.84. The summed E-state index contributed by atoms with van der Waals surface area (Å²) >= 11 is 5.63. The van der Waals surface area contributed by atoms with Crippen molar-refractivity contribution in [1.82, 2.24) is 4.90 Å². The molecule has 1 aliphatic rings. The minimum Gasteiger partial charge on any atom is -0.375 e. The lowest BCUT2D eigenvalue weighted by molar-refractivity contribution is -0.384. The summed E-state index contributed by atoms with van der Waals surface area (Å²) in [5.41, 5.74) is -2.04. The molecule has 1 N–H and O–H groups in total. The average molecular weight is 366 g/mol. The van der Waals surface area contributed by atoms with Gasteiger partial charge in [0.1, 0.15) is 5.69 Å². The Hall–Kier alpha value is -2.03. The molecule has 1 unspecified atom stereocenters. The second-order valence-corrected chi connectivity index (χ2v) is 5.83. The summed E-state index contributed by atoms with van der Waals surface area (Å²) in [5.74, 6) is -0.0424. The van der Waals surface area contributed by atoms with Crippen LogP contribution in [-0.4, -0.2) is 34.9 Å². The molecular formula is C14H15ClF3N3O3. The number of nitrogens with zero attached hydrogens (tertiary/aromatic N) is 2. The van der Waals surface area contributed by atoms with Gasteiger partial charge in [0.2, 0.25) is 5.91 Å². The Morgan fingerprint density at radius 2 is 2.17 bits per heavy atom. The summed E-state index contributed by atoms with van der Waals surface area (Å²) < 4.78 is 38.5. The zero-order valence-electron chi connectivity index (χ0n) is 12.7. The molecule has 1 atom stereocenters. The van der Waals surface area contributed by atoms with Gasteiger partial charge in [-0.1, -0.05) is 18.5 Å². The summed E-state index contributed by atoms with van der Waals surface area (Å²) in [6, 6.07) is 1.05. The molecule has 0 aliphatic carbocycles. The van der Waals surface area contributed by atoms with Crippen LogP contribution in [0.2, 0.25) is 5.02 Å². The van der Waals surface area contributed by atoms with Gasteiger partial charge < -0.3 is 10.2 Å². The quantitative estimate of drug-likeness (QED) is 0.652. The molecule has 1 amide bonds. The molecule has 1 aromatic carbocycles. The predicted molar refractivity (Wildman–Crippen MR) is 82.0 cm³/mol. The van der Waals surface area contributed by atoms with Crippen LogP contribution in [0, 0.1) is 10.1 Å². The molecule has 0 radical (unpaired) electrons. The number of likely N-dealkylation sites (tertiary alicyclic amines) is 1. The molecule has 24 heavy (non-hydrogen) atoms. The normalized spacial score (nSPS) is 17.9. The largest absolute Gasteiger partial charge is 0.418 e. The van der Waals surface area contributed by atoms with Gasteiger partial charge in [-0.25, -0.2) is 0 Å². The Morgan fingerprint density at radius 1 is 1.50 bits per heavy atom. The van der Waals surface area contributed by atoms with Gasteiger partial charge in [-0.05, 0) is 12.5 Å². The van der Waals surface area contributed by atoms with E-state index in [1.165, 1.54) is 0 Å². The standard InChI is InChI=1S/C14H15ClF3N3O3/c1-2-13(22)20-4-3-8(7-20)19-11-6-10(15)9(14(16,17)18)5-12(11)21(23)24/h5-6,8,19H,2-4,7H2,1H3. The summed E-state index contributed by atoms with van der Waals surface area (Å²) in [6.45, 7) is 2.55. The fraction of sp³-hybridized carbons (Fsp3) is 0.500. The highest BCUT2D eigenvalue weighted by atomic mass is 35.5. The smallest absolute Gasteiger partial charge is 0.375 e. The van der Waals surface area contributed by atoms with Crippen LogP contribution >= 0.6 is 11.6 Å². The molecule has 1 fully saturated rings. The monoisotopic (exact) mass is 365 g/mol. The molecule has 10 heteroatoms. The van der Waals surface area contributed by atoms with Crippen molar-refractivity contribution in [1.29, 1.82) is 0 Å². The third kappa shape index (κ3) is 3.89. The Morgan fingerprint density at radius 3 is 2.71 bits per heavy atom. The van der Waals surface area contributed by atoms with Gasteiger partial charge in [-0.15, -0.1) is 0 Å². The topological polar surface area (TPSA) is 75.5 Å². The highest BCUT2D eigenvalue weighted by Crippen LogP contribution is 2.40. The van der Waals surface area contributed by atoms with Crippen LogP contribution in [0.4, 0.5) is 24.5 Å². The van der Waals surface area contributed by atoms with E-state index in [1.54, 1.807) is 11.8 Å². The first-order valence-corrected chi connectivity index (χ1v) is 7.60. The molecule has 1 heterocycles. The van der Waals surface area contributed by atoms with Crippen molar-refractivity contribution < 1.29 is 22.9 Å². The van der Waals surface area contributed by atoms with Crippen molar-refractivity contribution in [2.45, 2.75) is 32.0 Å². The maximum Gasteiger partial charge on any atom is 0.418 e. The minimum atomic E-state index is -4.78. The van der Waals surface area contributed by atoms with E-state index in [1.807, 2.05) is 0 Å². The van der Waals surface area contributed by atoms with E-state index >= 15 is 0 Å². The van der Waals surface area contributed by atoms with Crippen molar-refractivity contribution in [3.05, 3.63) is 32.8 Å². The van der Waals surface area contributed by atoms with E-state index in [2.05, 4.69) is 5.32 Å². The molecular weight excluding hydrogens is 351 g/mol. The maximum absolute atomic E-state index is 12.8. The summed E-state index contributed by atoms with van der Waals surface area (Å²) in [7, 11) is 0. The van der Waals surface area contributed by atoms with Crippen LogP contribution in [0.5, 0.6) is 0 Å². The van der Waals surface area contributed by atoms with Crippen molar-refractivity contribution in [2.24, 2.45) is 0 Å². The maximum atomic E-state index is 12.8. The van der Waals surface area contributed by atoms with E-state index < -0.39 is 27.4 Å². The molecule has 1 aliphatic heterocycles. The molecule has 0 aromatic heterocycles. The van der Waals surface area contributed by atoms with Crippen molar-refractivity contribution in [3.63, 3.8) is 0 Å². The number of hydrogen-bond acceptors (Lipinski definition) is 4. The Bertz CT molecular complexity index is 667. The number of alkyl halides is 3. The summed E-state index contributed by atoms with van der Waals surface area (Å²) in [5, 5.41) is 13.3. The number of hydrogen-bond donors (Lipinski definition) is 1. The number of halogens is 4. The van der Waals surface area contributed by atoms with Gasteiger partial charge >= 0.3 is 6.18 Å². The molecule has 6 nitrogen and oxygen atoms in total. The number of carbonyl (C=O) groups is 1. The fourth-order valence-corrected chi connectivity index (χ4v) is 2.86. The lowest BCUT2D eigenvalue weighted by Crippen LogP contribution is -2.31. The number of carbonyl (C=O) groups excluding carboxylic acids is 1. The van der Waals surface area contributed by atoms with E-state index in [9.17, 15) is 28.1 Å². The molecule has 2 rings (SSSR count). The average Bonchev–Trinajstić information content (AvgIpc) is 2.93. The first kappa shape index (κ1) is 18.3. The SMILES string of the molecule is CCC(=O)N1CCC(Nc2cc(Cl)c(C(F)(F)F)cc2[N+](=O)[O-])C1. The van der Waals surface area contributed by atoms with Gasteiger partial charge in [0.25, 0.3) is 5.69 Å². The van der Waals surface area contributed by atoms with Gasteiger partial charge in [0.15, 0.2) is 0 Å². The minimum absolute atomic E-state index is 0.0424. The van der Waals surface area contributed by atoms with Gasteiger partial charge in [-0.2, -0.15) is 13.2 Å². The molecule has 0 bridgehead atoms. The van der Waals surface area contributed by atoms with Crippen LogP contribution < -0.4 is 5.32 Å². The molecule has 1 aromatic rings. The number of anilines is 1. The Kier molecular flexibility index (Phi) is 5.22. The molecule has 1 saturated heterocycles. The predicted octanol–water partition coefficient (Wildman–Crippen LogP) is 3.69. The van der Waals surface area contributed by atoms with Crippen LogP contribution in [0.3, 0.4) is 0 Å². The van der Waals surface area contributed by atoms with Crippen LogP contribution in [0.25, 0.3) is 0 Å². The number of rotatable bonds is 4. The lowest BCUT2D eigenvalue weighted by atomic mass is 10.1. The van der Waals surface area contributed by atoms with Gasteiger partial charge in [-0.3, -0.25) is 14.9 Å². The third-order valence-corrected chi connectivity index (χ3v) is 4.10. The molecule has 0 saturated carbocycles.